The molecule has 3 N–H and O–H groups in total. The van der Waals surface area contributed by atoms with E-state index in [1.807, 2.05) is 11.6 Å². The molecular weight excluding hydrogens is 282 g/mol. The van der Waals surface area contributed by atoms with Crippen LogP contribution in [0.5, 0.6) is 0 Å². The van der Waals surface area contributed by atoms with Crippen molar-refractivity contribution in [2.24, 2.45) is 5.73 Å². The van der Waals surface area contributed by atoms with Gasteiger partial charge in [0.25, 0.3) is 0 Å². The fourth-order valence-corrected chi connectivity index (χ4v) is 3.85. The molecule has 7 nitrogen and oxygen atoms in total. The van der Waals surface area contributed by atoms with Gasteiger partial charge in [-0.25, -0.2) is 9.52 Å². The molecule has 0 unspecified atom stereocenters. The fraction of sp³-hybridized carbons (Fsp3) is 0.917. The first-order valence-electron chi connectivity index (χ1n) is 7.12. The lowest BCUT2D eigenvalue weighted by atomic mass is 9.92. The normalized spacial score (nSPS) is 23.6. The average molecular weight is 307 g/mol. The molecule has 0 bridgehead atoms. The maximum atomic E-state index is 12.3. The molecule has 20 heavy (non-hydrogen) atoms. The van der Waals surface area contributed by atoms with E-state index in [-0.39, 0.29) is 18.7 Å². The van der Waals surface area contributed by atoms with E-state index in [0.717, 1.165) is 25.7 Å². The van der Waals surface area contributed by atoms with Crippen LogP contribution in [-0.2, 0) is 14.9 Å². The summed E-state index contributed by atoms with van der Waals surface area (Å²) in [5.74, 6) is 0. The highest BCUT2D eigenvalue weighted by atomic mass is 32.2. The Balaban J connectivity index is 2.75. The smallest absolute Gasteiger partial charge is 0.421 e. The third-order valence-electron chi connectivity index (χ3n) is 3.39. The van der Waals surface area contributed by atoms with Crippen LogP contribution in [-0.4, -0.2) is 44.1 Å². The highest BCUT2D eigenvalue weighted by molar-refractivity contribution is 7.87. The highest BCUT2D eigenvalue weighted by Gasteiger charge is 2.33. The van der Waals surface area contributed by atoms with Gasteiger partial charge in [-0.2, -0.15) is 12.7 Å². The Labute approximate surface area is 121 Å². The lowest BCUT2D eigenvalue weighted by Crippen LogP contribution is -2.50. The van der Waals surface area contributed by atoms with Gasteiger partial charge in [0.2, 0.25) is 0 Å². The quantitative estimate of drug-likeness (QED) is 0.761. The van der Waals surface area contributed by atoms with E-state index in [2.05, 4.69) is 4.74 Å². The zero-order chi connectivity index (χ0) is 15.2. The van der Waals surface area contributed by atoms with Crippen LogP contribution in [0, 0.1) is 0 Å². The number of rotatable bonds is 6. The maximum Gasteiger partial charge on any atom is 0.421 e. The average Bonchev–Trinajstić information content (AvgIpc) is 2.36. The van der Waals surface area contributed by atoms with E-state index >= 15 is 0 Å². The Morgan fingerprint density at radius 1 is 1.30 bits per heavy atom. The van der Waals surface area contributed by atoms with Crippen molar-refractivity contribution in [1.29, 1.82) is 0 Å². The van der Waals surface area contributed by atoms with E-state index in [4.69, 9.17) is 5.73 Å². The SMILES string of the molecule is CCCN(C1CCC(N)CC1)S(=O)(=O)NC(=O)OCC. The van der Waals surface area contributed by atoms with Crippen molar-refractivity contribution in [2.75, 3.05) is 13.2 Å². The topological polar surface area (TPSA) is 102 Å². The number of carbonyl (C=O) groups excluding carboxylic acids is 1. The van der Waals surface area contributed by atoms with Crippen LogP contribution in [0.4, 0.5) is 4.79 Å². The molecule has 1 amide bonds. The van der Waals surface area contributed by atoms with Crippen LogP contribution in [0.1, 0.15) is 46.0 Å². The summed E-state index contributed by atoms with van der Waals surface area (Å²) in [6, 6.07) is 0.0529. The van der Waals surface area contributed by atoms with Gasteiger partial charge in [0.15, 0.2) is 0 Å². The molecule has 1 saturated carbocycles. The minimum Gasteiger partial charge on any atom is -0.449 e. The molecule has 1 fully saturated rings. The van der Waals surface area contributed by atoms with Crippen molar-refractivity contribution >= 4 is 16.3 Å². The molecule has 0 aromatic heterocycles. The van der Waals surface area contributed by atoms with E-state index in [9.17, 15) is 13.2 Å². The summed E-state index contributed by atoms with van der Waals surface area (Å²) in [5, 5.41) is 0. The molecule has 0 aromatic rings. The summed E-state index contributed by atoms with van der Waals surface area (Å²) in [6.07, 6.45) is 2.82. The van der Waals surface area contributed by atoms with Gasteiger partial charge in [0.05, 0.1) is 6.61 Å². The summed E-state index contributed by atoms with van der Waals surface area (Å²) < 4.78 is 32.5. The van der Waals surface area contributed by atoms with Crippen LogP contribution in [0.2, 0.25) is 0 Å². The molecule has 1 aliphatic rings. The number of nitrogens with two attached hydrogens (primary N) is 1. The lowest BCUT2D eigenvalue weighted by Gasteiger charge is -2.34. The zero-order valence-electron chi connectivity index (χ0n) is 12.2. The first kappa shape index (κ1) is 17.2. The van der Waals surface area contributed by atoms with Gasteiger partial charge >= 0.3 is 16.3 Å². The van der Waals surface area contributed by atoms with Gasteiger partial charge in [-0.15, -0.1) is 0 Å². The number of nitrogens with zero attached hydrogens (tertiary/aromatic N) is 1. The first-order chi connectivity index (χ1) is 9.40. The van der Waals surface area contributed by atoms with Gasteiger partial charge in [0, 0.05) is 18.6 Å². The predicted octanol–water partition coefficient (Wildman–Crippen LogP) is 0.959. The largest absolute Gasteiger partial charge is 0.449 e. The Morgan fingerprint density at radius 2 is 1.90 bits per heavy atom. The minimum absolute atomic E-state index is 0.0957. The van der Waals surface area contributed by atoms with Crippen molar-refractivity contribution in [3.05, 3.63) is 0 Å². The molecule has 0 aliphatic heterocycles. The van der Waals surface area contributed by atoms with Gasteiger partial charge in [0.1, 0.15) is 0 Å². The second kappa shape index (κ2) is 7.80. The van der Waals surface area contributed by atoms with Crippen LogP contribution >= 0.6 is 0 Å². The number of ether oxygens (including phenoxy) is 1. The Bertz CT molecular complexity index is 405. The van der Waals surface area contributed by atoms with E-state index in [0.29, 0.717) is 13.0 Å². The van der Waals surface area contributed by atoms with E-state index < -0.39 is 16.3 Å². The summed E-state index contributed by atoms with van der Waals surface area (Å²) >= 11 is 0. The number of nitrogens with one attached hydrogen (secondary N) is 1. The Hall–Kier alpha value is -0.860. The molecule has 0 radical (unpaired) electrons. The molecule has 8 heteroatoms. The van der Waals surface area contributed by atoms with E-state index in [1.54, 1.807) is 6.92 Å². The number of carbonyl (C=O) groups is 1. The maximum absolute atomic E-state index is 12.3. The minimum atomic E-state index is -3.86. The van der Waals surface area contributed by atoms with Crippen LogP contribution in [0.15, 0.2) is 0 Å². The second-order valence-electron chi connectivity index (χ2n) is 5.01. The molecule has 0 atom stereocenters. The van der Waals surface area contributed by atoms with Gasteiger partial charge in [-0.05, 0) is 39.0 Å². The van der Waals surface area contributed by atoms with Crippen LogP contribution < -0.4 is 10.5 Å². The molecular formula is C12H25N3O4S. The monoisotopic (exact) mass is 307 g/mol. The second-order valence-corrected chi connectivity index (χ2v) is 6.63. The standard InChI is InChI=1S/C12H25N3O4S/c1-3-9-15(11-7-5-10(13)6-8-11)20(17,18)14-12(16)19-4-2/h10-11H,3-9,13H2,1-2H3,(H,14,16). The predicted molar refractivity (Wildman–Crippen MR) is 76.3 cm³/mol. The summed E-state index contributed by atoms with van der Waals surface area (Å²) in [7, 11) is -3.86. The van der Waals surface area contributed by atoms with Crippen LogP contribution in [0.25, 0.3) is 0 Å². The van der Waals surface area contributed by atoms with E-state index in [1.165, 1.54) is 4.31 Å². The molecule has 118 valence electrons. The summed E-state index contributed by atoms with van der Waals surface area (Å²) in [5.41, 5.74) is 5.84. The summed E-state index contributed by atoms with van der Waals surface area (Å²) in [4.78, 5) is 11.3. The lowest BCUT2D eigenvalue weighted by molar-refractivity contribution is 0.157. The molecule has 1 rings (SSSR count). The third-order valence-corrected chi connectivity index (χ3v) is 4.91. The van der Waals surface area contributed by atoms with Crippen molar-refractivity contribution in [2.45, 2.75) is 58.0 Å². The molecule has 0 heterocycles. The van der Waals surface area contributed by atoms with Crippen molar-refractivity contribution in [3.63, 3.8) is 0 Å². The van der Waals surface area contributed by atoms with Crippen molar-refractivity contribution < 1.29 is 17.9 Å². The van der Waals surface area contributed by atoms with Crippen molar-refractivity contribution in [1.82, 2.24) is 9.03 Å². The molecule has 0 saturated heterocycles. The van der Waals surface area contributed by atoms with Crippen LogP contribution in [0.3, 0.4) is 0 Å². The van der Waals surface area contributed by atoms with Gasteiger partial charge < -0.3 is 10.5 Å². The molecule has 1 aliphatic carbocycles. The van der Waals surface area contributed by atoms with Gasteiger partial charge in [-0.1, -0.05) is 6.92 Å². The Kier molecular flexibility index (Phi) is 6.70. The number of hydrogen-bond acceptors (Lipinski definition) is 5. The zero-order valence-corrected chi connectivity index (χ0v) is 13.0. The number of amides is 1. The third kappa shape index (κ3) is 4.92. The molecule has 0 aromatic carbocycles. The molecule has 0 spiro atoms. The van der Waals surface area contributed by atoms with Gasteiger partial charge in [-0.3, -0.25) is 0 Å². The summed E-state index contributed by atoms with van der Waals surface area (Å²) in [6.45, 7) is 4.04. The van der Waals surface area contributed by atoms with Crippen molar-refractivity contribution in [3.8, 4) is 0 Å². The Morgan fingerprint density at radius 3 is 2.40 bits per heavy atom. The first-order valence-corrected chi connectivity index (χ1v) is 8.56. The highest BCUT2D eigenvalue weighted by Crippen LogP contribution is 2.24. The fourth-order valence-electron chi connectivity index (χ4n) is 2.43. The number of hydrogen-bond donors (Lipinski definition) is 2.